The van der Waals surface area contributed by atoms with E-state index in [0.717, 1.165) is 55.0 Å². The highest BCUT2D eigenvalue weighted by Crippen LogP contribution is 2.34. The molecule has 8 aromatic rings. The SMILES string of the molecule is C=C/C=c1/oc2cc3c4ccccc4n(-c4ccccc4)c3cc2/c1=C(/C)c1nc(-c2ccccc2)nc(-c2ccccc2)n1. The number of furan rings is 1. The van der Waals surface area contributed by atoms with Crippen LogP contribution in [0.15, 0.2) is 144 Å². The first-order chi connectivity index (χ1) is 22.2. The van der Waals surface area contributed by atoms with E-state index in [0.29, 0.717) is 22.9 Å². The van der Waals surface area contributed by atoms with Gasteiger partial charge in [-0.3, -0.25) is 0 Å². The van der Waals surface area contributed by atoms with Gasteiger partial charge in [0.05, 0.1) is 11.0 Å². The Hall–Kier alpha value is -6.07. The zero-order valence-electron chi connectivity index (χ0n) is 24.7. The Balaban J connectivity index is 1.47. The summed E-state index contributed by atoms with van der Waals surface area (Å²) in [6.45, 7) is 6.03. The van der Waals surface area contributed by atoms with Crippen LogP contribution in [0.4, 0.5) is 0 Å². The molecule has 0 radical (unpaired) electrons. The second-order valence-electron chi connectivity index (χ2n) is 11.0. The molecule has 0 spiro atoms. The summed E-state index contributed by atoms with van der Waals surface area (Å²) in [5.74, 6) is 1.83. The Kier molecular flexibility index (Phi) is 6.42. The van der Waals surface area contributed by atoms with Crippen LogP contribution in [0.5, 0.6) is 0 Å². The van der Waals surface area contributed by atoms with Gasteiger partial charge in [0.15, 0.2) is 17.5 Å². The van der Waals surface area contributed by atoms with Gasteiger partial charge in [-0.25, -0.2) is 15.0 Å². The lowest BCUT2D eigenvalue weighted by Gasteiger charge is -2.09. The number of rotatable bonds is 5. The first-order valence-electron chi connectivity index (χ1n) is 14.9. The first-order valence-corrected chi connectivity index (χ1v) is 14.9. The summed E-state index contributed by atoms with van der Waals surface area (Å²) in [7, 11) is 0. The van der Waals surface area contributed by atoms with E-state index in [1.54, 1.807) is 6.08 Å². The predicted molar refractivity (Wildman–Crippen MR) is 183 cm³/mol. The Bertz CT molecular complexity index is 2440. The van der Waals surface area contributed by atoms with Gasteiger partial charge in [0.25, 0.3) is 0 Å². The second-order valence-corrected chi connectivity index (χ2v) is 11.0. The molecule has 0 aliphatic heterocycles. The van der Waals surface area contributed by atoms with E-state index < -0.39 is 0 Å². The molecule has 0 bridgehead atoms. The number of hydrogen-bond donors (Lipinski definition) is 0. The standard InChI is InChI=1S/C40H28N4O/c1-3-15-35-37(26(2)38-41-39(27-16-7-4-8-17-27)43-40(42-38)28-18-9-5-10-19-28)32-24-34-31(25-36(32)45-35)30-22-13-14-23-33(30)44(34)29-20-11-6-12-21-29/h3-25H,1H2,2H3/b35-15+,37-26+. The summed E-state index contributed by atoms with van der Waals surface area (Å²) in [4.78, 5) is 14.9. The molecule has 0 saturated heterocycles. The van der Waals surface area contributed by atoms with Crippen molar-refractivity contribution in [1.29, 1.82) is 0 Å². The van der Waals surface area contributed by atoms with E-state index in [1.807, 2.05) is 72.8 Å². The van der Waals surface area contributed by atoms with Crippen LogP contribution < -0.4 is 10.6 Å². The summed E-state index contributed by atoms with van der Waals surface area (Å²) >= 11 is 0. The van der Waals surface area contributed by atoms with Crippen LogP contribution in [-0.4, -0.2) is 19.5 Å². The van der Waals surface area contributed by atoms with Gasteiger partial charge >= 0.3 is 0 Å². The van der Waals surface area contributed by atoms with Crippen LogP contribution in [0.3, 0.4) is 0 Å². The lowest BCUT2D eigenvalue weighted by Crippen LogP contribution is -2.23. The van der Waals surface area contributed by atoms with Crippen LogP contribution in [0, 0.1) is 0 Å². The maximum Gasteiger partial charge on any atom is 0.164 e. The monoisotopic (exact) mass is 580 g/mol. The first kappa shape index (κ1) is 26.5. The maximum atomic E-state index is 6.56. The molecular weight excluding hydrogens is 552 g/mol. The normalized spacial score (nSPS) is 12.7. The van der Waals surface area contributed by atoms with Crippen molar-refractivity contribution in [2.75, 3.05) is 0 Å². The summed E-state index contributed by atoms with van der Waals surface area (Å²) in [5.41, 5.74) is 7.59. The molecule has 5 nitrogen and oxygen atoms in total. The van der Waals surface area contributed by atoms with Crippen LogP contribution in [0.25, 0.3) is 72.9 Å². The summed E-state index contributed by atoms with van der Waals surface area (Å²) < 4.78 is 8.87. The van der Waals surface area contributed by atoms with Crippen LogP contribution >= 0.6 is 0 Å². The Morgan fingerprint density at radius 1 is 0.644 bits per heavy atom. The fraction of sp³-hybridized carbons (Fsp3) is 0.0250. The molecule has 0 fully saturated rings. The minimum atomic E-state index is 0.591. The number of nitrogens with zero attached hydrogens (tertiary/aromatic N) is 4. The molecule has 0 N–H and O–H groups in total. The smallest absolute Gasteiger partial charge is 0.164 e. The van der Waals surface area contributed by atoms with Gasteiger partial charge in [-0.1, -0.05) is 110 Å². The van der Waals surface area contributed by atoms with Crippen LogP contribution in [0.1, 0.15) is 12.7 Å². The highest BCUT2D eigenvalue weighted by molar-refractivity contribution is 6.13. The molecule has 0 aliphatic rings. The van der Waals surface area contributed by atoms with Gasteiger partial charge in [0.2, 0.25) is 0 Å². The fourth-order valence-corrected chi connectivity index (χ4v) is 6.13. The van der Waals surface area contributed by atoms with E-state index >= 15 is 0 Å². The van der Waals surface area contributed by atoms with E-state index in [9.17, 15) is 0 Å². The van der Waals surface area contributed by atoms with Crippen molar-refractivity contribution >= 4 is 44.4 Å². The average molecular weight is 581 g/mol. The zero-order chi connectivity index (χ0) is 30.3. The van der Waals surface area contributed by atoms with Gasteiger partial charge in [-0.15, -0.1) is 0 Å². The molecule has 0 amide bonds. The van der Waals surface area contributed by atoms with Crippen molar-refractivity contribution in [2.24, 2.45) is 0 Å². The Labute approximate surface area is 259 Å². The van der Waals surface area contributed by atoms with Gasteiger partial charge in [0.1, 0.15) is 11.0 Å². The summed E-state index contributed by atoms with van der Waals surface area (Å²) in [5, 5.41) is 4.21. The topological polar surface area (TPSA) is 56.7 Å². The molecule has 5 heteroatoms. The van der Waals surface area contributed by atoms with Gasteiger partial charge in [-0.05, 0) is 43.3 Å². The molecule has 0 saturated carbocycles. The molecule has 214 valence electrons. The van der Waals surface area contributed by atoms with E-state index in [4.69, 9.17) is 19.4 Å². The molecule has 0 atom stereocenters. The molecule has 0 aliphatic carbocycles. The number of fused-ring (bicyclic) bond motifs is 4. The van der Waals surface area contributed by atoms with Gasteiger partial charge in [-0.2, -0.15) is 0 Å². The van der Waals surface area contributed by atoms with Crippen molar-refractivity contribution in [3.8, 4) is 28.5 Å². The summed E-state index contributed by atoms with van der Waals surface area (Å²) in [6.07, 6.45) is 3.66. The molecule has 3 aromatic heterocycles. The van der Waals surface area contributed by atoms with Crippen molar-refractivity contribution < 1.29 is 4.42 Å². The van der Waals surface area contributed by atoms with Crippen LogP contribution in [-0.2, 0) is 0 Å². The predicted octanol–water partition coefficient (Wildman–Crippen LogP) is 8.23. The highest BCUT2D eigenvalue weighted by atomic mass is 16.3. The second kappa shape index (κ2) is 10.9. The number of para-hydroxylation sites is 2. The summed E-state index contributed by atoms with van der Waals surface area (Å²) in [6, 6.07) is 43.4. The minimum Gasteiger partial charge on any atom is -0.456 e. The lowest BCUT2D eigenvalue weighted by molar-refractivity contribution is 0.575. The quantitative estimate of drug-likeness (QED) is 0.206. The van der Waals surface area contributed by atoms with Gasteiger partial charge in [0, 0.05) is 43.8 Å². The number of allylic oxidation sites excluding steroid dienone is 1. The molecule has 0 unspecified atom stereocenters. The maximum absolute atomic E-state index is 6.56. The third-order valence-electron chi connectivity index (χ3n) is 8.20. The Morgan fingerprint density at radius 2 is 1.24 bits per heavy atom. The Morgan fingerprint density at radius 3 is 1.89 bits per heavy atom. The third kappa shape index (κ3) is 4.53. The van der Waals surface area contributed by atoms with E-state index in [2.05, 4.69) is 78.7 Å². The minimum absolute atomic E-state index is 0.591. The van der Waals surface area contributed by atoms with Crippen molar-refractivity contribution in [3.05, 3.63) is 157 Å². The third-order valence-corrected chi connectivity index (χ3v) is 8.20. The molecule has 3 heterocycles. The van der Waals surface area contributed by atoms with Crippen LogP contribution in [0.2, 0.25) is 0 Å². The van der Waals surface area contributed by atoms with Gasteiger partial charge < -0.3 is 8.98 Å². The lowest BCUT2D eigenvalue weighted by atomic mass is 10.1. The van der Waals surface area contributed by atoms with E-state index in [1.165, 1.54) is 5.39 Å². The average Bonchev–Trinajstić information content (AvgIpc) is 3.62. The zero-order valence-corrected chi connectivity index (χ0v) is 24.7. The number of hydrogen-bond acceptors (Lipinski definition) is 4. The fourth-order valence-electron chi connectivity index (χ4n) is 6.13. The largest absolute Gasteiger partial charge is 0.456 e. The van der Waals surface area contributed by atoms with Crippen molar-refractivity contribution in [3.63, 3.8) is 0 Å². The van der Waals surface area contributed by atoms with Crippen molar-refractivity contribution in [2.45, 2.75) is 6.92 Å². The number of benzene rings is 5. The number of aromatic nitrogens is 4. The van der Waals surface area contributed by atoms with E-state index in [-0.39, 0.29) is 0 Å². The highest BCUT2D eigenvalue weighted by Gasteiger charge is 2.18. The molecule has 8 rings (SSSR count). The molecule has 5 aromatic carbocycles. The molecular formula is C40H28N4O. The molecule has 45 heavy (non-hydrogen) atoms. The van der Waals surface area contributed by atoms with Crippen molar-refractivity contribution in [1.82, 2.24) is 19.5 Å².